The summed E-state index contributed by atoms with van der Waals surface area (Å²) in [5.41, 5.74) is 1.39. The molecule has 1 fully saturated rings. The van der Waals surface area contributed by atoms with Crippen LogP contribution in [0.1, 0.15) is 0 Å². The van der Waals surface area contributed by atoms with Gasteiger partial charge in [0.15, 0.2) is 5.82 Å². The van der Waals surface area contributed by atoms with E-state index in [0.29, 0.717) is 48.1 Å². The molecule has 8 nitrogen and oxygen atoms in total. The van der Waals surface area contributed by atoms with E-state index in [4.69, 9.17) is 5.11 Å². The van der Waals surface area contributed by atoms with Gasteiger partial charge < -0.3 is 15.3 Å². The number of thioether (sulfide) groups is 1. The first-order valence-corrected chi connectivity index (χ1v) is 9.95. The minimum atomic E-state index is -0.755. The highest BCUT2D eigenvalue weighted by Gasteiger charge is 2.22. The van der Waals surface area contributed by atoms with Gasteiger partial charge in [-0.3, -0.25) is 4.21 Å². The quantitative estimate of drug-likeness (QED) is 0.572. The number of aromatic nitrogens is 4. The van der Waals surface area contributed by atoms with Crippen molar-refractivity contribution in [2.24, 2.45) is 0 Å². The van der Waals surface area contributed by atoms with Crippen LogP contribution in [0.25, 0.3) is 11.0 Å². The van der Waals surface area contributed by atoms with Crippen molar-refractivity contribution in [1.82, 2.24) is 19.9 Å². The van der Waals surface area contributed by atoms with Crippen molar-refractivity contribution in [3.63, 3.8) is 0 Å². The molecule has 1 aliphatic rings. The molecule has 0 aromatic carbocycles. The molecule has 10 heteroatoms. The van der Waals surface area contributed by atoms with Crippen molar-refractivity contribution in [1.29, 1.82) is 0 Å². The zero-order chi connectivity index (χ0) is 16.2. The maximum Gasteiger partial charge on any atom is 0.225 e. The van der Waals surface area contributed by atoms with Crippen LogP contribution in [0.15, 0.2) is 11.4 Å². The van der Waals surface area contributed by atoms with Gasteiger partial charge in [-0.15, -0.1) is 11.8 Å². The zero-order valence-corrected chi connectivity index (χ0v) is 14.4. The van der Waals surface area contributed by atoms with Crippen molar-refractivity contribution >= 4 is 45.4 Å². The lowest BCUT2D eigenvalue weighted by Gasteiger charge is -2.28. The summed E-state index contributed by atoms with van der Waals surface area (Å²) in [6.07, 6.45) is 3.46. The normalized spacial score (nSPS) is 16.0. The smallest absolute Gasteiger partial charge is 0.225 e. The van der Waals surface area contributed by atoms with E-state index < -0.39 is 10.8 Å². The Morgan fingerprint density at radius 2 is 2.09 bits per heavy atom. The number of rotatable bonds is 5. The molecule has 3 rings (SSSR count). The third kappa shape index (κ3) is 3.54. The highest BCUT2D eigenvalue weighted by molar-refractivity contribution is 7.98. The number of nitrogens with one attached hydrogen (secondary N) is 1. The summed E-state index contributed by atoms with van der Waals surface area (Å²) >= 11 is 1.50. The van der Waals surface area contributed by atoms with E-state index >= 15 is 0 Å². The molecule has 0 bridgehead atoms. The first kappa shape index (κ1) is 16.3. The number of hydrogen-bond acceptors (Lipinski definition) is 9. The Labute approximate surface area is 140 Å². The van der Waals surface area contributed by atoms with E-state index in [1.165, 1.54) is 18.1 Å². The zero-order valence-electron chi connectivity index (χ0n) is 12.7. The number of hydrogen-bond donors (Lipinski definition) is 2. The van der Waals surface area contributed by atoms with Crippen molar-refractivity contribution in [3.05, 3.63) is 6.33 Å². The van der Waals surface area contributed by atoms with Gasteiger partial charge in [0.25, 0.3) is 0 Å². The largest absolute Gasteiger partial charge is 0.395 e. The van der Waals surface area contributed by atoms with Crippen LogP contribution in [0.3, 0.4) is 0 Å². The molecule has 124 valence electrons. The highest BCUT2D eigenvalue weighted by Crippen LogP contribution is 2.29. The average Bonchev–Trinajstić information content (AvgIpc) is 2.59. The molecular formula is C13H18N6O2S2. The number of aliphatic hydroxyl groups excluding tert-OH is 1. The minimum Gasteiger partial charge on any atom is -0.395 e. The van der Waals surface area contributed by atoms with E-state index in [-0.39, 0.29) is 6.61 Å². The van der Waals surface area contributed by atoms with E-state index in [0.717, 1.165) is 10.8 Å². The Kier molecular flexibility index (Phi) is 5.23. The van der Waals surface area contributed by atoms with Crippen LogP contribution in [0, 0.1) is 0 Å². The van der Waals surface area contributed by atoms with Crippen LogP contribution in [0.4, 0.5) is 11.8 Å². The maximum atomic E-state index is 11.6. The summed E-state index contributed by atoms with van der Waals surface area (Å²) in [6, 6.07) is 0. The fourth-order valence-corrected chi connectivity index (χ4v) is 3.92. The third-order valence-corrected chi connectivity index (χ3v) is 5.46. The summed E-state index contributed by atoms with van der Waals surface area (Å²) in [5.74, 6) is 2.43. The Hall–Kier alpha value is -1.52. The van der Waals surface area contributed by atoms with Gasteiger partial charge in [-0.1, -0.05) is 0 Å². The molecule has 23 heavy (non-hydrogen) atoms. The van der Waals surface area contributed by atoms with Crippen LogP contribution in [0.2, 0.25) is 0 Å². The first-order valence-electron chi connectivity index (χ1n) is 7.24. The predicted octanol–water partition coefficient (Wildman–Crippen LogP) is 0.115. The van der Waals surface area contributed by atoms with Crippen LogP contribution in [-0.2, 0) is 10.8 Å². The Balaban J connectivity index is 2.08. The summed E-state index contributed by atoms with van der Waals surface area (Å²) in [7, 11) is -0.755. The highest BCUT2D eigenvalue weighted by atomic mass is 32.2. The molecule has 1 aliphatic heterocycles. The van der Waals surface area contributed by atoms with Crippen molar-refractivity contribution in [2.75, 3.05) is 54.2 Å². The number of anilines is 2. The molecule has 0 unspecified atom stereocenters. The van der Waals surface area contributed by atoms with Gasteiger partial charge in [0.1, 0.15) is 22.4 Å². The Morgan fingerprint density at radius 1 is 1.30 bits per heavy atom. The number of nitrogens with zero attached hydrogens (tertiary/aromatic N) is 5. The topological polar surface area (TPSA) is 104 Å². The lowest BCUT2D eigenvalue weighted by Crippen LogP contribution is -2.38. The molecule has 1 saturated heterocycles. The lowest BCUT2D eigenvalue weighted by atomic mass is 10.3. The van der Waals surface area contributed by atoms with Crippen LogP contribution in [0.5, 0.6) is 0 Å². The van der Waals surface area contributed by atoms with E-state index in [1.54, 1.807) is 0 Å². The van der Waals surface area contributed by atoms with Gasteiger partial charge in [-0.2, -0.15) is 4.98 Å². The summed E-state index contributed by atoms with van der Waals surface area (Å²) < 4.78 is 11.6. The fraction of sp³-hybridized carbons (Fsp3) is 0.538. The van der Waals surface area contributed by atoms with Crippen molar-refractivity contribution in [3.8, 4) is 0 Å². The molecule has 2 N–H and O–H groups in total. The van der Waals surface area contributed by atoms with Gasteiger partial charge in [-0.25, -0.2) is 15.0 Å². The molecule has 0 radical (unpaired) electrons. The molecule has 2 aromatic rings. The van der Waals surface area contributed by atoms with Gasteiger partial charge >= 0.3 is 0 Å². The predicted molar refractivity (Wildman–Crippen MR) is 92.6 cm³/mol. The molecule has 2 aromatic heterocycles. The Morgan fingerprint density at radius 3 is 2.78 bits per heavy atom. The van der Waals surface area contributed by atoms with Gasteiger partial charge in [-0.05, 0) is 6.26 Å². The average molecular weight is 354 g/mol. The number of fused-ring (bicyclic) bond motifs is 1. The number of aliphatic hydroxyl groups is 1. The second-order valence-electron chi connectivity index (χ2n) is 4.94. The molecule has 0 spiro atoms. The SMILES string of the molecule is CSc1ncnc2c(N3CCS(=O)CC3)nc(NCCO)nc12. The summed E-state index contributed by atoms with van der Waals surface area (Å²) in [6.45, 7) is 1.73. The van der Waals surface area contributed by atoms with Gasteiger partial charge in [0, 0.05) is 41.9 Å². The first-order chi connectivity index (χ1) is 11.2. The summed E-state index contributed by atoms with van der Waals surface area (Å²) in [4.78, 5) is 19.8. The second kappa shape index (κ2) is 7.37. The monoisotopic (exact) mass is 354 g/mol. The fourth-order valence-electron chi connectivity index (χ4n) is 2.38. The van der Waals surface area contributed by atoms with E-state index in [1.807, 2.05) is 6.26 Å². The van der Waals surface area contributed by atoms with Crippen molar-refractivity contribution in [2.45, 2.75) is 5.03 Å². The standard InChI is InChI=1S/C13H18N6O2S2/c1-22-12-10-9(15-8-16-12)11(18-13(17-10)14-2-5-20)19-3-6-23(21)7-4-19/h8,20H,2-7H2,1H3,(H,14,17,18). The Bertz CT molecular complexity index is 719. The van der Waals surface area contributed by atoms with E-state index in [2.05, 4.69) is 30.2 Å². The maximum absolute atomic E-state index is 11.6. The van der Waals surface area contributed by atoms with Crippen LogP contribution < -0.4 is 10.2 Å². The molecule has 3 heterocycles. The molecule has 0 aliphatic carbocycles. The van der Waals surface area contributed by atoms with Gasteiger partial charge in [0.2, 0.25) is 5.95 Å². The molecule has 0 amide bonds. The van der Waals surface area contributed by atoms with Crippen molar-refractivity contribution < 1.29 is 9.32 Å². The van der Waals surface area contributed by atoms with Crippen LogP contribution in [-0.4, -0.2) is 73.3 Å². The minimum absolute atomic E-state index is 0.000100. The molecule has 0 saturated carbocycles. The van der Waals surface area contributed by atoms with Crippen LogP contribution >= 0.6 is 11.8 Å². The molecule has 0 atom stereocenters. The van der Waals surface area contributed by atoms with E-state index in [9.17, 15) is 4.21 Å². The lowest BCUT2D eigenvalue weighted by molar-refractivity contribution is 0.311. The molecular weight excluding hydrogens is 336 g/mol. The second-order valence-corrected chi connectivity index (χ2v) is 7.43. The third-order valence-electron chi connectivity index (χ3n) is 3.50. The summed E-state index contributed by atoms with van der Waals surface area (Å²) in [5, 5.41) is 12.8. The van der Waals surface area contributed by atoms with Gasteiger partial charge in [0.05, 0.1) is 6.61 Å².